The van der Waals surface area contributed by atoms with Gasteiger partial charge in [-0.05, 0) is 35.7 Å². The van der Waals surface area contributed by atoms with E-state index in [1.807, 2.05) is 30.3 Å². The summed E-state index contributed by atoms with van der Waals surface area (Å²) in [6.07, 6.45) is 0.652. The molecule has 1 unspecified atom stereocenters. The zero-order valence-electron chi connectivity index (χ0n) is 9.34. The van der Waals surface area contributed by atoms with Gasteiger partial charge in [-0.25, -0.2) is 0 Å². The van der Waals surface area contributed by atoms with Crippen LogP contribution in [-0.2, 0) is 6.42 Å². The van der Waals surface area contributed by atoms with Crippen molar-refractivity contribution in [3.63, 3.8) is 0 Å². The molecule has 4 heteroatoms. The predicted octanol–water partition coefficient (Wildman–Crippen LogP) is 6.17. The minimum atomic E-state index is -0.181. The lowest BCUT2D eigenvalue weighted by Crippen LogP contribution is -1.96. The Morgan fingerprint density at radius 2 is 1.56 bits per heavy atom. The van der Waals surface area contributed by atoms with Gasteiger partial charge in [-0.2, -0.15) is 0 Å². The van der Waals surface area contributed by atoms with Crippen LogP contribution < -0.4 is 0 Å². The van der Waals surface area contributed by atoms with Gasteiger partial charge < -0.3 is 0 Å². The van der Waals surface area contributed by atoms with Crippen LogP contribution in [0, 0.1) is 0 Å². The first kappa shape index (κ1) is 14.0. The molecule has 94 valence electrons. The van der Waals surface area contributed by atoms with Crippen molar-refractivity contribution in [3.8, 4) is 0 Å². The maximum Gasteiger partial charge on any atom is 0.0626 e. The van der Waals surface area contributed by atoms with Gasteiger partial charge >= 0.3 is 0 Å². The summed E-state index contributed by atoms with van der Waals surface area (Å²) < 4.78 is 0. The second-order valence-corrected chi connectivity index (χ2v) is 5.69. The highest BCUT2D eigenvalue weighted by molar-refractivity contribution is 6.42. The Balaban J connectivity index is 2.19. The van der Waals surface area contributed by atoms with Crippen LogP contribution in [0.25, 0.3) is 0 Å². The number of benzene rings is 2. The van der Waals surface area contributed by atoms with E-state index < -0.39 is 0 Å². The zero-order valence-corrected chi connectivity index (χ0v) is 12.4. The Labute approximate surface area is 126 Å². The first-order valence-corrected chi connectivity index (χ1v) is 6.97. The summed E-state index contributed by atoms with van der Waals surface area (Å²) in [5, 5.41) is 1.59. The van der Waals surface area contributed by atoms with Gasteiger partial charge in [0.2, 0.25) is 0 Å². The fraction of sp³-hybridized carbons (Fsp3) is 0.143. The lowest BCUT2D eigenvalue weighted by molar-refractivity contribution is 0.920. The van der Waals surface area contributed by atoms with Crippen molar-refractivity contribution in [1.82, 2.24) is 0 Å². The fourth-order valence-corrected chi connectivity index (χ4v) is 2.50. The summed E-state index contributed by atoms with van der Waals surface area (Å²) in [6, 6.07) is 13.1. The third-order valence-electron chi connectivity index (χ3n) is 2.66. The highest BCUT2D eigenvalue weighted by Crippen LogP contribution is 2.32. The Kier molecular flexibility index (Phi) is 4.80. The quantitative estimate of drug-likeness (QED) is 0.593. The molecule has 2 rings (SSSR count). The summed E-state index contributed by atoms with van der Waals surface area (Å²) in [6.45, 7) is 0. The third-order valence-corrected chi connectivity index (χ3v) is 4.18. The van der Waals surface area contributed by atoms with E-state index in [0.717, 1.165) is 16.1 Å². The van der Waals surface area contributed by atoms with Crippen molar-refractivity contribution in [2.45, 2.75) is 11.8 Å². The molecule has 18 heavy (non-hydrogen) atoms. The molecular weight excluding hydrogens is 310 g/mol. The van der Waals surface area contributed by atoms with Crippen molar-refractivity contribution in [3.05, 3.63) is 68.7 Å². The normalized spacial score (nSPS) is 12.4. The molecule has 0 saturated heterocycles. The van der Waals surface area contributed by atoms with E-state index in [0.29, 0.717) is 16.5 Å². The van der Waals surface area contributed by atoms with Crippen molar-refractivity contribution < 1.29 is 0 Å². The molecule has 0 heterocycles. The van der Waals surface area contributed by atoms with E-state index in [9.17, 15) is 0 Å². The maximum absolute atomic E-state index is 6.38. The number of hydrogen-bond acceptors (Lipinski definition) is 0. The van der Waals surface area contributed by atoms with Crippen LogP contribution in [0.3, 0.4) is 0 Å². The average molecular weight is 320 g/mol. The van der Waals surface area contributed by atoms with Gasteiger partial charge in [0, 0.05) is 5.02 Å². The summed E-state index contributed by atoms with van der Waals surface area (Å²) in [5.74, 6) is 0. The third kappa shape index (κ3) is 3.33. The van der Waals surface area contributed by atoms with Crippen molar-refractivity contribution in [1.29, 1.82) is 0 Å². The first-order valence-electron chi connectivity index (χ1n) is 5.40. The summed E-state index contributed by atoms with van der Waals surface area (Å²) in [7, 11) is 0. The van der Waals surface area contributed by atoms with E-state index in [1.165, 1.54) is 0 Å². The molecule has 0 aliphatic rings. The highest BCUT2D eigenvalue weighted by Gasteiger charge is 2.12. The second kappa shape index (κ2) is 6.16. The van der Waals surface area contributed by atoms with Gasteiger partial charge in [0.25, 0.3) is 0 Å². The van der Waals surface area contributed by atoms with Crippen molar-refractivity contribution in [2.24, 2.45) is 0 Å². The largest absolute Gasteiger partial charge is 0.117 e. The monoisotopic (exact) mass is 318 g/mol. The lowest BCUT2D eigenvalue weighted by atomic mass is 10.0. The van der Waals surface area contributed by atoms with E-state index >= 15 is 0 Å². The van der Waals surface area contributed by atoms with Crippen LogP contribution in [-0.4, -0.2) is 0 Å². The van der Waals surface area contributed by atoms with Crippen LogP contribution >= 0.6 is 46.4 Å². The Bertz CT molecular complexity index is 551. The van der Waals surface area contributed by atoms with Crippen LogP contribution in [0.5, 0.6) is 0 Å². The molecule has 0 bridgehead atoms. The van der Waals surface area contributed by atoms with E-state index in [-0.39, 0.29) is 5.38 Å². The molecule has 0 amide bonds. The van der Waals surface area contributed by atoms with E-state index in [4.69, 9.17) is 46.4 Å². The van der Waals surface area contributed by atoms with Crippen LogP contribution in [0.15, 0.2) is 42.5 Å². The highest BCUT2D eigenvalue weighted by atomic mass is 35.5. The molecule has 2 aromatic carbocycles. The molecule has 1 atom stereocenters. The number of rotatable bonds is 3. The molecule has 0 nitrogen and oxygen atoms in total. The van der Waals surface area contributed by atoms with E-state index in [1.54, 1.807) is 12.1 Å². The van der Waals surface area contributed by atoms with Crippen LogP contribution in [0.2, 0.25) is 15.1 Å². The molecule has 0 aliphatic carbocycles. The molecule has 0 aliphatic heterocycles. The molecule has 0 N–H and O–H groups in total. The maximum atomic E-state index is 6.38. The summed E-state index contributed by atoms with van der Waals surface area (Å²) in [5.41, 5.74) is 1.95. The van der Waals surface area contributed by atoms with Crippen molar-refractivity contribution >= 4 is 46.4 Å². The molecule has 2 aromatic rings. The Morgan fingerprint density at radius 1 is 0.833 bits per heavy atom. The molecular formula is C14H10Cl4. The predicted molar refractivity (Wildman–Crippen MR) is 80.2 cm³/mol. The number of hydrogen-bond donors (Lipinski definition) is 0. The first-order chi connectivity index (χ1) is 8.58. The SMILES string of the molecule is Clc1ccc(C(Cl)Cc2ccccc2Cl)cc1Cl. The average Bonchev–Trinajstić information content (AvgIpc) is 2.35. The summed E-state index contributed by atoms with van der Waals surface area (Å²) in [4.78, 5) is 0. The number of halogens is 4. The molecule has 0 fully saturated rings. The molecule has 0 spiro atoms. The van der Waals surface area contributed by atoms with Crippen LogP contribution in [0.1, 0.15) is 16.5 Å². The van der Waals surface area contributed by atoms with Gasteiger partial charge in [0.15, 0.2) is 0 Å². The van der Waals surface area contributed by atoms with Gasteiger partial charge in [-0.1, -0.05) is 59.1 Å². The molecule has 0 saturated carbocycles. The van der Waals surface area contributed by atoms with Gasteiger partial charge in [-0.15, -0.1) is 11.6 Å². The Morgan fingerprint density at radius 3 is 2.22 bits per heavy atom. The summed E-state index contributed by atoms with van der Waals surface area (Å²) >= 11 is 24.3. The lowest BCUT2D eigenvalue weighted by Gasteiger charge is -2.12. The molecule has 0 aromatic heterocycles. The van der Waals surface area contributed by atoms with E-state index in [2.05, 4.69) is 0 Å². The van der Waals surface area contributed by atoms with Gasteiger partial charge in [-0.3, -0.25) is 0 Å². The topological polar surface area (TPSA) is 0 Å². The van der Waals surface area contributed by atoms with Gasteiger partial charge in [0.1, 0.15) is 0 Å². The van der Waals surface area contributed by atoms with Crippen LogP contribution in [0.4, 0.5) is 0 Å². The fourth-order valence-electron chi connectivity index (χ4n) is 1.68. The zero-order chi connectivity index (χ0) is 13.1. The molecule has 0 radical (unpaired) electrons. The minimum Gasteiger partial charge on any atom is -0.117 e. The minimum absolute atomic E-state index is 0.181. The second-order valence-electron chi connectivity index (χ2n) is 3.94. The van der Waals surface area contributed by atoms with Gasteiger partial charge in [0.05, 0.1) is 15.4 Å². The standard InChI is InChI=1S/C14H10Cl4/c15-11-4-2-1-3-9(11)7-13(17)10-5-6-12(16)14(18)8-10/h1-6,8,13H,7H2. The smallest absolute Gasteiger partial charge is 0.0626 e. The number of alkyl halides is 1. The van der Waals surface area contributed by atoms with Crippen molar-refractivity contribution in [2.75, 3.05) is 0 Å². The Hall–Kier alpha value is -0.400.